The lowest BCUT2D eigenvalue weighted by molar-refractivity contribution is -0.117. The van der Waals surface area contributed by atoms with Crippen LogP contribution >= 0.6 is 15.9 Å². The van der Waals surface area contributed by atoms with Crippen molar-refractivity contribution in [1.29, 1.82) is 0 Å². The number of hydrogen-bond donors (Lipinski definition) is 2. The van der Waals surface area contributed by atoms with Crippen molar-refractivity contribution >= 4 is 39.4 Å². The number of halogens is 2. The summed E-state index contributed by atoms with van der Waals surface area (Å²) in [6, 6.07) is 23.7. The molecule has 0 fully saturated rings. The Morgan fingerprint density at radius 2 is 1.64 bits per heavy atom. The normalized spacial score (nSPS) is 10.8. The molecule has 36 heavy (non-hydrogen) atoms. The fraction of sp³-hybridized carbons (Fsp3) is 0.148. The van der Waals surface area contributed by atoms with Gasteiger partial charge in [-0.3, -0.25) is 4.79 Å². The molecule has 184 valence electrons. The second-order valence-corrected chi connectivity index (χ2v) is 9.29. The molecule has 3 aromatic carbocycles. The van der Waals surface area contributed by atoms with Gasteiger partial charge in [0.2, 0.25) is 5.91 Å². The number of anilines is 2. The van der Waals surface area contributed by atoms with Gasteiger partial charge in [-0.15, -0.1) is 0 Å². The summed E-state index contributed by atoms with van der Waals surface area (Å²) >= 11 is 3.37. The van der Waals surface area contributed by atoms with Gasteiger partial charge in [-0.05, 0) is 62.4 Å². The minimum absolute atomic E-state index is 0.171. The Morgan fingerprint density at radius 1 is 0.972 bits per heavy atom. The smallest absolute Gasteiger partial charge is 0.313 e. The highest BCUT2D eigenvalue weighted by atomic mass is 79.9. The van der Waals surface area contributed by atoms with Gasteiger partial charge in [-0.25, -0.2) is 13.9 Å². The molecule has 4 rings (SSSR count). The van der Waals surface area contributed by atoms with Gasteiger partial charge < -0.3 is 15.5 Å². The maximum Gasteiger partial charge on any atom is 0.322 e. The Labute approximate surface area is 217 Å². The molecule has 9 heteroatoms. The topological polar surface area (TPSA) is 79.3 Å². The third-order valence-electron chi connectivity index (χ3n) is 5.41. The Kier molecular flexibility index (Phi) is 7.80. The van der Waals surface area contributed by atoms with Gasteiger partial charge in [-0.2, -0.15) is 5.10 Å². The number of benzene rings is 3. The number of hydrogen-bond acceptors (Lipinski definition) is 3. The number of aromatic nitrogens is 2. The van der Waals surface area contributed by atoms with Gasteiger partial charge in [-0.1, -0.05) is 46.3 Å². The van der Waals surface area contributed by atoms with E-state index in [2.05, 4.69) is 31.7 Å². The summed E-state index contributed by atoms with van der Waals surface area (Å²) in [7, 11) is 0. The molecule has 0 spiro atoms. The second-order valence-electron chi connectivity index (χ2n) is 8.38. The summed E-state index contributed by atoms with van der Waals surface area (Å²) < 4.78 is 15.9. The summed E-state index contributed by atoms with van der Waals surface area (Å²) in [5.74, 6) is -0.357. The van der Waals surface area contributed by atoms with Crippen LogP contribution in [0.4, 0.5) is 20.7 Å². The number of carbonyl (C=O) groups is 2. The van der Waals surface area contributed by atoms with Gasteiger partial charge >= 0.3 is 6.03 Å². The molecule has 3 amide bonds. The van der Waals surface area contributed by atoms with Crippen molar-refractivity contribution in [3.63, 3.8) is 0 Å². The highest BCUT2D eigenvalue weighted by Crippen LogP contribution is 2.25. The molecule has 0 aliphatic rings. The second kappa shape index (κ2) is 11.2. The van der Waals surface area contributed by atoms with Gasteiger partial charge in [0.15, 0.2) is 0 Å². The molecule has 0 radical (unpaired) electrons. The van der Waals surface area contributed by atoms with E-state index in [4.69, 9.17) is 0 Å². The third kappa shape index (κ3) is 6.17. The molecular weight excluding hydrogens is 525 g/mol. The first-order valence-electron chi connectivity index (χ1n) is 11.3. The molecule has 4 aromatic rings. The minimum atomic E-state index is -0.391. The standard InChI is InChI=1S/C27H25BrFN5O2/c1-18(2)33(27(36)30-22-12-8-20(28)9-13-22)17-26(35)31-25-16-24(19-6-4-3-5-7-19)32-34(25)23-14-10-21(29)11-15-23/h3-16,18H,17H2,1-2H3,(H,30,36)(H,31,35). The van der Waals surface area contributed by atoms with Crippen LogP contribution in [0.25, 0.3) is 16.9 Å². The Bertz CT molecular complexity index is 1340. The van der Waals surface area contributed by atoms with Crippen LogP contribution < -0.4 is 10.6 Å². The van der Waals surface area contributed by atoms with Crippen molar-refractivity contribution in [2.75, 3.05) is 17.2 Å². The average Bonchev–Trinajstić information content (AvgIpc) is 3.28. The summed E-state index contributed by atoms with van der Waals surface area (Å²) in [4.78, 5) is 27.4. The maximum absolute atomic E-state index is 13.5. The van der Waals surface area contributed by atoms with Crippen molar-refractivity contribution in [2.45, 2.75) is 19.9 Å². The fourth-order valence-corrected chi connectivity index (χ4v) is 3.82. The first kappa shape index (κ1) is 25.1. The van der Waals surface area contributed by atoms with E-state index in [1.165, 1.54) is 17.0 Å². The lowest BCUT2D eigenvalue weighted by atomic mass is 10.1. The van der Waals surface area contributed by atoms with Crippen LogP contribution in [0.5, 0.6) is 0 Å². The first-order valence-corrected chi connectivity index (χ1v) is 12.1. The van der Waals surface area contributed by atoms with E-state index in [9.17, 15) is 14.0 Å². The van der Waals surface area contributed by atoms with E-state index in [-0.39, 0.29) is 24.4 Å². The van der Waals surface area contributed by atoms with E-state index >= 15 is 0 Å². The molecule has 0 saturated heterocycles. The number of urea groups is 1. The monoisotopic (exact) mass is 549 g/mol. The quantitative estimate of drug-likeness (QED) is 0.283. The van der Waals surface area contributed by atoms with Crippen LogP contribution in [0.1, 0.15) is 13.8 Å². The van der Waals surface area contributed by atoms with Crippen molar-refractivity contribution in [2.24, 2.45) is 0 Å². The molecule has 0 bridgehead atoms. The molecule has 0 aliphatic heterocycles. The zero-order valence-electron chi connectivity index (χ0n) is 19.8. The van der Waals surface area contributed by atoms with Crippen molar-refractivity contribution in [3.8, 4) is 16.9 Å². The van der Waals surface area contributed by atoms with E-state index in [0.717, 1.165) is 10.0 Å². The zero-order chi connectivity index (χ0) is 25.7. The van der Waals surface area contributed by atoms with E-state index in [1.807, 2.05) is 56.3 Å². The zero-order valence-corrected chi connectivity index (χ0v) is 21.4. The average molecular weight is 550 g/mol. The molecule has 1 aromatic heterocycles. The molecule has 0 unspecified atom stereocenters. The third-order valence-corrected chi connectivity index (χ3v) is 5.94. The maximum atomic E-state index is 13.5. The Hall–Kier alpha value is -3.98. The Balaban J connectivity index is 1.55. The van der Waals surface area contributed by atoms with Crippen LogP contribution in [0.15, 0.2) is 89.4 Å². The van der Waals surface area contributed by atoms with Crippen molar-refractivity contribution in [3.05, 3.63) is 95.2 Å². The fourth-order valence-electron chi connectivity index (χ4n) is 3.55. The van der Waals surface area contributed by atoms with Gasteiger partial charge in [0, 0.05) is 27.8 Å². The molecule has 7 nitrogen and oxygen atoms in total. The Morgan fingerprint density at radius 3 is 2.28 bits per heavy atom. The molecule has 0 atom stereocenters. The molecule has 2 N–H and O–H groups in total. The molecule has 0 saturated carbocycles. The molecular formula is C27H25BrFN5O2. The largest absolute Gasteiger partial charge is 0.322 e. The highest BCUT2D eigenvalue weighted by molar-refractivity contribution is 9.10. The summed E-state index contributed by atoms with van der Waals surface area (Å²) in [5, 5.41) is 10.3. The van der Waals surface area contributed by atoms with Crippen molar-refractivity contribution < 1.29 is 14.0 Å². The minimum Gasteiger partial charge on any atom is -0.313 e. The van der Waals surface area contributed by atoms with Gasteiger partial charge in [0.05, 0.1) is 11.4 Å². The predicted molar refractivity (Wildman–Crippen MR) is 143 cm³/mol. The van der Waals surface area contributed by atoms with Crippen LogP contribution in [-0.4, -0.2) is 39.2 Å². The van der Waals surface area contributed by atoms with Gasteiger partial charge in [0.25, 0.3) is 0 Å². The first-order chi connectivity index (χ1) is 17.3. The number of carbonyl (C=O) groups excluding carboxylic acids is 2. The van der Waals surface area contributed by atoms with E-state index in [1.54, 1.807) is 35.0 Å². The molecule has 0 aliphatic carbocycles. The number of nitrogens with zero attached hydrogens (tertiary/aromatic N) is 3. The SMILES string of the molecule is CC(C)N(CC(=O)Nc1cc(-c2ccccc2)nn1-c1ccc(F)cc1)C(=O)Nc1ccc(Br)cc1. The van der Waals surface area contributed by atoms with E-state index in [0.29, 0.717) is 22.9 Å². The van der Waals surface area contributed by atoms with Crippen LogP contribution in [-0.2, 0) is 4.79 Å². The number of rotatable bonds is 7. The predicted octanol–water partition coefficient (Wildman–Crippen LogP) is 6.32. The summed E-state index contributed by atoms with van der Waals surface area (Å²) in [6.45, 7) is 3.50. The van der Waals surface area contributed by atoms with Crippen LogP contribution in [0.3, 0.4) is 0 Å². The summed E-state index contributed by atoms with van der Waals surface area (Å²) in [5.41, 5.74) is 2.72. The van der Waals surface area contributed by atoms with Gasteiger partial charge in [0.1, 0.15) is 18.2 Å². The van der Waals surface area contributed by atoms with Crippen LogP contribution in [0, 0.1) is 5.82 Å². The summed E-state index contributed by atoms with van der Waals surface area (Å²) in [6.07, 6.45) is 0. The number of nitrogens with one attached hydrogen (secondary N) is 2. The van der Waals surface area contributed by atoms with Crippen LogP contribution in [0.2, 0.25) is 0 Å². The lowest BCUT2D eigenvalue weighted by Crippen LogP contribution is -2.44. The number of amides is 3. The lowest BCUT2D eigenvalue weighted by Gasteiger charge is -2.26. The molecule has 1 heterocycles. The highest BCUT2D eigenvalue weighted by Gasteiger charge is 2.22. The van der Waals surface area contributed by atoms with E-state index < -0.39 is 5.91 Å². The van der Waals surface area contributed by atoms with Crippen molar-refractivity contribution in [1.82, 2.24) is 14.7 Å².